The van der Waals surface area contributed by atoms with Crippen LogP contribution in [-0.2, 0) is 13.1 Å². The Morgan fingerprint density at radius 2 is 1.81 bits per heavy atom. The third-order valence-electron chi connectivity index (χ3n) is 5.58. The van der Waals surface area contributed by atoms with Gasteiger partial charge in [-0.25, -0.2) is 0 Å². The monoisotopic (exact) mass is 389 g/mol. The number of hydrogen-bond acceptors (Lipinski definition) is 4. The van der Waals surface area contributed by atoms with Crippen LogP contribution in [0.5, 0.6) is 0 Å². The van der Waals surface area contributed by atoms with Gasteiger partial charge in [0.2, 0.25) is 0 Å². The van der Waals surface area contributed by atoms with Crippen LogP contribution in [0.4, 0.5) is 0 Å². The van der Waals surface area contributed by atoms with Crippen molar-refractivity contribution in [3.05, 3.63) is 35.4 Å². The van der Waals surface area contributed by atoms with Crippen molar-refractivity contribution < 1.29 is 0 Å². The molecule has 1 aromatic rings. The SMILES string of the molecule is CCC1CN(C(=NC)NCc2ccc(CN3CCN(C)CC3)cc2)CCS1. The Kier molecular flexibility index (Phi) is 7.85. The van der Waals surface area contributed by atoms with Crippen molar-refractivity contribution in [3.8, 4) is 0 Å². The van der Waals surface area contributed by atoms with Gasteiger partial charge in [-0.3, -0.25) is 9.89 Å². The molecule has 2 aliphatic rings. The number of thioether (sulfide) groups is 1. The second-order valence-electron chi connectivity index (χ2n) is 7.64. The van der Waals surface area contributed by atoms with Crippen molar-refractivity contribution >= 4 is 17.7 Å². The molecule has 6 heteroatoms. The van der Waals surface area contributed by atoms with Crippen LogP contribution in [-0.4, -0.2) is 85.0 Å². The molecule has 0 amide bonds. The van der Waals surface area contributed by atoms with Gasteiger partial charge < -0.3 is 15.1 Å². The van der Waals surface area contributed by atoms with Crippen molar-refractivity contribution in [3.63, 3.8) is 0 Å². The first-order valence-electron chi connectivity index (χ1n) is 10.2. The first-order chi connectivity index (χ1) is 13.2. The van der Waals surface area contributed by atoms with Gasteiger partial charge in [-0.05, 0) is 24.6 Å². The number of guanidine groups is 1. The lowest BCUT2D eigenvalue weighted by molar-refractivity contribution is 0.148. The summed E-state index contributed by atoms with van der Waals surface area (Å²) in [5, 5.41) is 4.28. The summed E-state index contributed by atoms with van der Waals surface area (Å²) < 4.78 is 0. The van der Waals surface area contributed by atoms with Crippen LogP contribution in [0.15, 0.2) is 29.3 Å². The molecule has 0 radical (unpaired) electrons. The standard InChI is InChI=1S/C21H35N5S/c1-4-20-17-26(13-14-27-20)21(22-2)23-15-18-5-7-19(8-6-18)16-25-11-9-24(3)10-12-25/h5-8,20H,4,9-17H2,1-3H3,(H,22,23). The normalized spacial score (nSPS) is 22.9. The minimum absolute atomic E-state index is 0.728. The van der Waals surface area contributed by atoms with E-state index in [1.165, 1.54) is 49.5 Å². The average molecular weight is 390 g/mol. The summed E-state index contributed by atoms with van der Waals surface area (Å²) in [6, 6.07) is 9.07. The van der Waals surface area contributed by atoms with Crippen molar-refractivity contribution in [2.24, 2.45) is 4.99 Å². The maximum Gasteiger partial charge on any atom is 0.193 e. The Morgan fingerprint density at radius 3 is 2.48 bits per heavy atom. The van der Waals surface area contributed by atoms with Crippen LogP contribution in [0.25, 0.3) is 0 Å². The molecule has 27 heavy (non-hydrogen) atoms. The maximum atomic E-state index is 4.51. The van der Waals surface area contributed by atoms with Crippen LogP contribution < -0.4 is 5.32 Å². The number of aliphatic imine (C=N–C) groups is 1. The van der Waals surface area contributed by atoms with Crippen molar-refractivity contribution in [2.75, 3.05) is 59.1 Å². The molecule has 2 aliphatic heterocycles. The highest BCUT2D eigenvalue weighted by Gasteiger charge is 2.21. The van der Waals surface area contributed by atoms with Crippen molar-refractivity contribution in [1.82, 2.24) is 20.0 Å². The largest absolute Gasteiger partial charge is 0.352 e. The highest BCUT2D eigenvalue weighted by atomic mass is 32.2. The zero-order valence-corrected chi connectivity index (χ0v) is 18.0. The third-order valence-corrected chi connectivity index (χ3v) is 6.95. The summed E-state index contributed by atoms with van der Waals surface area (Å²) in [4.78, 5) is 11.9. The van der Waals surface area contributed by atoms with Gasteiger partial charge in [0.15, 0.2) is 5.96 Å². The quantitative estimate of drug-likeness (QED) is 0.618. The van der Waals surface area contributed by atoms with E-state index in [1.54, 1.807) is 0 Å². The predicted octanol–water partition coefficient (Wildman–Crippen LogP) is 2.34. The molecule has 3 rings (SSSR count). The van der Waals surface area contributed by atoms with Crippen LogP contribution in [0, 0.1) is 0 Å². The first kappa shape index (κ1) is 20.5. The van der Waals surface area contributed by atoms with Gasteiger partial charge >= 0.3 is 0 Å². The third kappa shape index (κ3) is 6.13. The van der Waals surface area contributed by atoms with E-state index in [9.17, 15) is 0 Å². The van der Waals surface area contributed by atoms with Gasteiger partial charge in [-0.2, -0.15) is 11.8 Å². The number of piperazine rings is 1. The molecule has 0 saturated carbocycles. The van der Waals surface area contributed by atoms with E-state index in [2.05, 4.69) is 75.0 Å². The van der Waals surface area contributed by atoms with Crippen LogP contribution in [0.1, 0.15) is 24.5 Å². The highest BCUT2D eigenvalue weighted by Crippen LogP contribution is 2.21. The number of hydrogen-bond donors (Lipinski definition) is 1. The Balaban J connectivity index is 1.47. The average Bonchev–Trinajstić information content (AvgIpc) is 2.71. The smallest absolute Gasteiger partial charge is 0.193 e. The molecule has 5 nitrogen and oxygen atoms in total. The van der Waals surface area contributed by atoms with Gasteiger partial charge in [0, 0.05) is 70.4 Å². The molecule has 1 unspecified atom stereocenters. The van der Waals surface area contributed by atoms with Gasteiger partial charge in [0.25, 0.3) is 0 Å². The molecule has 0 bridgehead atoms. The molecule has 2 saturated heterocycles. The topological polar surface area (TPSA) is 34.1 Å². The van der Waals surface area contributed by atoms with E-state index >= 15 is 0 Å². The van der Waals surface area contributed by atoms with E-state index in [0.29, 0.717) is 0 Å². The summed E-state index contributed by atoms with van der Waals surface area (Å²) >= 11 is 2.09. The second-order valence-corrected chi connectivity index (χ2v) is 9.05. The van der Waals surface area contributed by atoms with Gasteiger partial charge in [0.1, 0.15) is 0 Å². The zero-order chi connectivity index (χ0) is 19.1. The zero-order valence-electron chi connectivity index (χ0n) is 17.2. The molecular formula is C21H35N5S. The minimum Gasteiger partial charge on any atom is -0.352 e. The molecule has 1 aromatic carbocycles. The summed E-state index contributed by atoms with van der Waals surface area (Å²) in [6.45, 7) is 11.1. The Bertz CT molecular complexity index is 595. The Morgan fingerprint density at radius 1 is 1.11 bits per heavy atom. The van der Waals surface area contributed by atoms with E-state index < -0.39 is 0 Å². The summed E-state index contributed by atoms with van der Waals surface area (Å²) in [7, 11) is 4.10. The first-order valence-corrected chi connectivity index (χ1v) is 11.3. The van der Waals surface area contributed by atoms with Crippen LogP contribution in [0.2, 0.25) is 0 Å². The summed E-state index contributed by atoms with van der Waals surface area (Å²) in [5.41, 5.74) is 2.73. The lowest BCUT2D eigenvalue weighted by atomic mass is 10.1. The highest BCUT2D eigenvalue weighted by molar-refractivity contribution is 8.00. The molecule has 150 valence electrons. The van der Waals surface area contributed by atoms with E-state index in [0.717, 1.165) is 37.4 Å². The van der Waals surface area contributed by atoms with Gasteiger partial charge in [-0.1, -0.05) is 31.2 Å². The van der Waals surface area contributed by atoms with Crippen molar-refractivity contribution in [2.45, 2.75) is 31.7 Å². The maximum absolute atomic E-state index is 4.51. The Labute approximate surface area is 169 Å². The summed E-state index contributed by atoms with van der Waals surface area (Å²) in [5.74, 6) is 2.23. The predicted molar refractivity (Wildman–Crippen MR) is 118 cm³/mol. The lowest BCUT2D eigenvalue weighted by Crippen LogP contribution is -2.47. The molecule has 2 heterocycles. The number of nitrogens with one attached hydrogen (secondary N) is 1. The fourth-order valence-electron chi connectivity index (χ4n) is 3.70. The van der Waals surface area contributed by atoms with E-state index in [-0.39, 0.29) is 0 Å². The van der Waals surface area contributed by atoms with Crippen molar-refractivity contribution in [1.29, 1.82) is 0 Å². The van der Waals surface area contributed by atoms with E-state index in [4.69, 9.17) is 0 Å². The van der Waals surface area contributed by atoms with Gasteiger partial charge in [-0.15, -0.1) is 0 Å². The lowest BCUT2D eigenvalue weighted by Gasteiger charge is -2.34. The molecule has 0 spiro atoms. The number of nitrogens with zero attached hydrogens (tertiary/aromatic N) is 4. The number of likely N-dealkylation sites (N-methyl/N-ethyl adjacent to an activating group) is 1. The number of benzene rings is 1. The van der Waals surface area contributed by atoms with Gasteiger partial charge in [0.05, 0.1) is 0 Å². The fourth-order valence-corrected chi connectivity index (χ4v) is 4.88. The molecule has 2 fully saturated rings. The minimum atomic E-state index is 0.728. The summed E-state index contributed by atoms with van der Waals surface area (Å²) in [6.07, 6.45) is 1.23. The second kappa shape index (κ2) is 10.3. The molecular weight excluding hydrogens is 354 g/mol. The Hall–Kier alpha value is -1.24. The molecule has 0 aromatic heterocycles. The molecule has 0 aliphatic carbocycles. The van der Waals surface area contributed by atoms with Crippen LogP contribution >= 0.6 is 11.8 Å². The fraction of sp³-hybridized carbons (Fsp3) is 0.667. The van der Waals surface area contributed by atoms with Crippen LogP contribution in [0.3, 0.4) is 0 Å². The van der Waals surface area contributed by atoms with E-state index in [1.807, 2.05) is 7.05 Å². The number of rotatable bonds is 5. The molecule has 1 atom stereocenters. The molecule has 1 N–H and O–H groups in total.